The molecule has 0 spiro atoms. The molecule has 0 radical (unpaired) electrons. The van der Waals surface area contributed by atoms with E-state index in [9.17, 15) is 18.0 Å². The van der Waals surface area contributed by atoms with Gasteiger partial charge in [-0.05, 0) is 62.1 Å². The first kappa shape index (κ1) is 32.4. The number of rotatable bonds is 12. The van der Waals surface area contributed by atoms with Crippen molar-refractivity contribution in [3.8, 4) is 5.75 Å². The summed E-state index contributed by atoms with van der Waals surface area (Å²) in [6, 6.07) is 19.5. The third-order valence-electron chi connectivity index (χ3n) is 7.83. The molecule has 2 amide bonds. The topological polar surface area (TPSA) is 96.0 Å². The van der Waals surface area contributed by atoms with Gasteiger partial charge in [-0.25, -0.2) is 8.42 Å². The highest BCUT2D eigenvalue weighted by molar-refractivity contribution is 7.92. The first-order chi connectivity index (χ1) is 20.6. The van der Waals surface area contributed by atoms with Crippen LogP contribution in [0.3, 0.4) is 0 Å². The Morgan fingerprint density at radius 3 is 2.30 bits per heavy atom. The molecule has 1 atom stereocenters. The molecule has 4 rings (SSSR count). The van der Waals surface area contributed by atoms with Crippen LogP contribution in [0.25, 0.3) is 0 Å². The van der Waals surface area contributed by atoms with Gasteiger partial charge in [0.1, 0.15) is 18.3 Å². The third kappa shape index (κ3) is 8.09. The molecule has 3 aromatic carbocycles. The molecule has 1 saturated carbocycles. The van der Waals surface area contributed by atoms with Crippen molar-refractivity contribution in [3.05, 3.63) is 88.9 Å². The largest absolute Gasteiger partial charge is 0.495 e. The van der Waals surface area contributed by atoms with E-state index < -0.39 is 28.5 Å². The number of nitrogens with zero attached hydrogens (tertiary/aromatic N) is 2. The Morgan fingerprint density at radius 1 is 1.00 bits per heavy atom. The van der Waals surface area contributed by atoms with Gasteiger partial charge in [-0.1, -0.05) is 85.8 Å². The summed E-state index contributed by atoms with van der Waals surface area (Å²) in [6.07, 6.45) is 5.45. The van der Waals surface area contributed by atoms with Crippen LogP contribution in [0.5, 0.6) is 5.75 Å². The molecule has 1 aliphatic carbocycles. The molecule has 1 fully saturated rings. The van der Waals surface area contributed by atoms with E-state index in [1.807, 2.05) is 38.1 Å². The molecule has 1 aliphatic rings. The Labute approximate surface area is 260 Å². The maximum atomic E-state index is 14.3. The minimum Gasteiger partial charge on any atom is -0.495 e. The summed E-state index contributed by atoms with van der Waals surface area (Å²) < 4.78 is 34.7. The minimum absolute atomic E-state index is 0.0111. The zero-order valence-corrected chi connectivity index (χ0v) is 26.5. The molecular formula is C33H40ClN3O5S. The number of carbonyl (C=O) groups is 2. The summed E-state index contributed by atoms with van der Waals surface area (Å²) in [7, 11) is -2.81. The maximum Gasteiger partial charge on any atom is 0.264 e. The van der Waals surface area contributed by atoms with Gasteiger partial charge in [-0.15, -0.1) is 0 Å². The zero-order valence-electron chi connectivity index (χ0n) is 25.0. The number of hydrogen-bond donors (Lipinski definition) is 1. The maximum absolute atomic E-state index is 14.3. The summed E-state index contributed by atoms with van der Waals surface area (Å²) in [5, 5.41) is 3.45. The van der Waals surface area contributed by atoms with E-state index >= 15 is 0 Å². The molecule has 0 saturated heterocycles. The van der Waals surface area contributed by atoms with Gasteiger partial charge >= 0.3 is 0 Å². The highest BCUT2D eigenvalue weighted by Crippen LogP contribution is 2.35. The lowest BCUT2D eigenvalue weighted by molar-refractivity contribution is -0.140. The molecule has 3 aromatic rings. The average Bonchev–Trinajstić information content (AvgIpc) is 3.01. The van der Waals surface area contributed by atoms with E-state index in [4.69, 9.17) is 16.3 Å². The van der Waals surface area contributed by atoms with E-state index in [0.29, 0.717) is 6.42 Å². The smallest absolute Gasteiger partial charge is 0.264 e. The van der Waals surface area contributed by atoms with Crippen LogP contribution in [0, 0.1) is 6.92 Å². The van der Waals surface area contributed by atoms with Crippen molar-refractivity contribution in [1.29, 1.82) is 0 Å². The molecule has 10 heteroatoms. The molecule has 43 heavy (non-hydrogen) atoms. The quantitative estimate of drug-likeness (QED) is 0.262. The number of anilines is 1. The Morgan fingerprint density at radius 2 is 1.67 bits per heavy atom. The normalized spacial score (nSPS) is 14.5. The second-order valence-corrected chi connectivity index (χ2v) is 13.2. The first-order valence-corrected chi connectivity index (χ1v) is 16.5. The fraction of sp³-hybridized carbons (Fsp3) is 0.394. The number of nitrogens with one attached hydrogen (secondary N) is 1. The summed E-state index contributed by atoms with van der Waals surface area (Å²) in [5.74, 6) is -0.510. The number of halogens is 1. The highest BCUT2D eigenvalue weighted by atomic mass is 35.5. The molecular weight excluding hydrogens is 586 g/mol. The summed E-state index contributed by atoms with van der Waals surface area (Å²) in [6.45, 7) is 3.41. The van der Waals surface area contributed by atoms with Crippen LogP contribution in [0.4, 0.5) is 5.69 Å². The van der Waals surface area contributed by atoms with Crippen molar-refractivity contribution in [2.45, 2.75) is 75.9 Å². The van der Waals surface area contributed by atoms with Gasteiger partial charge in [0.05, 0.1) is 17.7 Å². The molecule has 0 aliphatic heterocycles. The lowest BCUT2D eigenvalue weighted by atomic mass is 9.95. The highest BCUT2D eigenvalue weighted by Gasteiger charge is 2.35. The predicted molar refractivity (Wildman–Crippen MR) is 170 cm³/mol. The van der Waals surface area contributed by atoms with Crippen LogP contribution in [-0.4, -0.2) is 50.9 Å². The molecule has 8 nitrogen and oxygen atoms in total. The Kier molecular flexibility index (Phi) is 11.1. The van der Waals surface area contributed by atoms with Gasteiger partial charge < -0.3 is 15.0 Å². The Hall–Kier alpha value is -3.56. The minimum atomic E-state index is -4.24. The molecule has 1 N–H and O–H groups in total. The van der Waals surface area contributed by atoms with Crippen molar-refractivity contribution >= 4 is 39.1 Å². The van der Waals surface area contributed by atoms with Gasteiger partial charge in [0.15, 0.2) is 0 Å². The fourth-order valence-electron chi connectivity index (χ4n) is 5.45. The van der Waals surface area contributed by atoms with Crippen LogP contribution < -0.4 is 14.4 Å². The van der Waals surface area contributed by atoms with Crippen LogP contribution in [0.1, 0.15) is 56.6 Å². The number of hydrogen-bond acceptors (Lipinski definition) is 5. The molecule has 0 aromatic heterocycles. The van der Waals surface area contributed by atoms with Crippen molar-refractivity contribution in [1.82, 2.24) is 10.2 Å². The Balaban J connectivity index is 1.74. The van der Waals surface area contributed by atoms with Gasteiger partial charge in [0, 0.05) is 17.6 Å². The predicted octanol–water partition coefficient (Wildman–Crippen LogP) is 6.11. The van der Waals surface area contributed by atoms with Crippen molar-refractivity contribution in [2.24, 2.45) is 0 Å². The molecule has 1 unspecified atom stereocenters. The number of sulfonamides is 1. The second-order valence-electron chi connectivity index (χ2n) is 10.9. The van der Waals surface area contributed by atoms with E-state index in [2.05, 4.69) is 5.32 Å². The third-order valence-corrected chi connectivity index (χ3v) is 9.84. The van der Waals surface area contributed by atoms with Crippen LogP contribution >= 0.6 is 11.6 Å². The molecule has 230 valence electrons. The van der Waals surface area contributed by atoms with Crippen LogP contribution in [-0.2, 0) is 26.2 Å². The zero-order chi connectivity index (χ0) is 31.0. The average molecular weight is 626 g/mol. The lowest BCUT2D eigenvalue weighted by Crippen LogP contribution is -2.54. The standard InChI is InChI=1S/C33H40ClN3O5S/c1-4-29(33(39)35-27-11-7-5-8-12-27)36(22-25-17-15-24(2)16-18-25)32(38)23-37(30-21-26(34)19-20-31(30)42-3)43(40,41)28-13-9-6-10-14-28/h6,9-10,13-21,27,29H,4-5,7-8,11-12,22-23H2,1-3H3,(H,35,39). The van der Waals surface area contributed by atoms with Gasteiger partial charge in [0.2, 0.25) is 11.8 Å². The van der Waals surface area contributed by atoms with Gasteiger partial charge in [-0.2, -0.15) is 0 Å². The van der Waals surface area contributed by atoms with Crippen molar-refractivity contribution < 1.29 is 22.7 Å². The van der Waals surface area contributed by atoms with E-state index in [1.54, 1.807) is 30.3 Å². The van der Waals surface area contributed by atoms with E-state index in [0.717, 1.165) is 47.5 Å². The number of aryl methyl sites for hydroxylation is 1. The summed E-state index contributed by atoms with van der Waals surface area (Å²) in [4.78, 5) is 29.5. The van der Waals surface area contributed by atoms with Gasteiger partial charge in [-0.3, -0.25) is 13.9 Å². The number of methoxy groups -OCH3 is 1. The first-order valence-electron chi connectivity index (χ1n) is 14.7. The summed E-state index contributed by atoms with van der Waals surface area (Å²) in [5.41, 5.74) is 2.03. The lowest BCUT2D eigenvalue weighted by Gasteiger charge is -2.34. The molecule has 0 bridgehead atoms. The van der Waals surface area contributed by atoms with E-state index in [-0.39, 0.29) is 39.8 Å². The SMILES string of the molecule is CCC(C(=O)NC1CCCCC1)N(Cc1ccc(C)cc1)C(=O)CN(c1cc(Cl)ccc1OC)S(=O)(=O)c1ccccc1. The van der Waals surface area contributed by atoms with Crippen LogP contribution in [0.15, 0.2) is 77.7 Å². The van der Waals surface area contributed by atoms with Crippen LogP contribution in [0.2, 0.25) is 5.02 Å². The number of benzene rings is 3. The number of ether oxygens (including phenoxy) is 1. The van der Waals surface area contributed by atoms with Crippen molar-refractivity contribution in [2.75, 3.05) is 18.0 Å². The van der Waals surface area contributed by atoms with Crippen molar-refractivity contribution in [3.63, 3.8) is 0 Å². The van der Waals surface area contributed by atoms with Gasteiger partial charge in [0.25, 0.3) is 10.0 Å². The molecule has 0 heterocycles. The number of carbonyl (C=O) groups excluding carboxylic acids is 2. The summed E-state index contributed by atoms with van der Waals surface area (Å²) >= 11 is 6.31. The Bertz CT molecular complexity index is 1490. The second kappa shape index (κ2) is 14.8. The monoisotopic (exact) mass is 625 g/mol. The number of amides is 2. The fourth-order valence-corrected chi connectivity index (χ4v) is 7.05. The van der Waals surface area contributed by atoms with E-state index in [1.165, 1.54) is 30.2 Å².